The minimum absolute atomic E-state index is 0.104. The molecule has 3 aromatic rings. The highest BCUT2D eigenvalue weighted by atomic mass is 16.5. The molecular formula is C21H20N22O6. The average molecular weight is 677 g/mol. The van der Waals surface area contributed by atoms with Gasteiger partial charge in [-0.2, -0.15) is 5.11 Å². The Kier molecular flexibility index (Phi) is 12.7. The second-order valence-electron chi connectivity index (χ2n) is 9.11. The van der Waals surface area contributed by atoms with Crippen molar-refractivity contribution < 1.29 is 9.53 Å². The Hall–Kier alpha value is -7.29. The predicted molar refractivity (Wildman–Crippen MR) is 157 cm³/mol. The fourth-order valence-corrected chi connectivity index (χ4v) is 4.17. The molecule has 2 heterocycles. The summed E-state index contributed by atoms with van der Waals surface area (Å²) in [6.07, 6.45) is 6.56. The highest BCUT2D eigenvalue weighted by molar-refractivity contribution is 5.97. The van der Waals surface area contributed by atoms with Crippen LogP contribution in [0.25, 0.3) is 21.5 Å². The van der Waals surface area contributed by atoms with E-state index in [0.29, 0.717) is 4.68 Å². The summed E-state index contributed by atoms with van der Waals surface area (Å²) in [6.45, 7) is 0.0309. The predicted octanol–water partition coefficient (Wildman–Crippen LogP) is 4.35. The van der Waals surface area contributed by atoms with E-state index >= 15 is 0 Å². The van der Waals surface area contributed by atoms with Gasteiger partial charge in [-0.3, -0.25) is 28.5 Å². The number of esters is 1. The van der Waals surface area contributed by atoms with Crippen molar-refractivity contribution in [1.29, 1.82) is 0 Å². The Morgan fingerprint density at radius 1 is 0.653 bits per heavy atom. The number of ether oxygens (including phenoxy) is 1. The van der Waals surface area contributed by atoms with Crippen molar-refractivity contribution in [3.63, 3.8) is 0 Å². The first-order chi connectivity index (χ1) is 23.9. The molecule has 4 rings (SSSR count). The Labute approximate surface area is 268 Å². The number of hydrogen-bond acceptors (Lipinski definition) is 8. The highest BCUT2D eigenvalue weighted by Crippen LogP contribution is 2.18. The Balaban J connectivity index is 1.31. The van der Waals surface area contributed by atoms with Gasteiger partial charge >= 0.3 is 5.97 Å². The lowest BCUT2D eigenvalue weighted by Crippen LogP contribution is -2.27. The van der Waals surface area contributed by atoms with E-state index in [4.69, 9.17) is 4.74 Å². The standard InChI is InChI=1S/C21H20N22O6/c1-22-23-24-25-26-27-28-29-30-31-32-33-34-35-36-37-38-39-40-41-43-20(47)15-9-13-14(10-16(15)21(43)48)19(46)42(18(13)45)8-7-17(44)49-11-12-5-3-2-4-6-12/h2-3,9-10,12H,4-8,11H2,1H3. The number of aromatic nitrogens is 2. The van der Waals surface area contributed by atoms with E-state index in [-0.39, 0.29) is 47.0 Å². The molecule has 2 aromatic heterocycles. The van der Waals surface area contributed by atoms with E-state index in [1.165, 1.54) is 7.05 Å². The summed E-state index contributed by atoms with van der Waals surface area (Å²) < 4.78 is 6.51. The van der Waals surface area contributed by atoms with Gasteiger partial charge in [0, 0.05) is 22.2 Å². The number of hydrogen-bond donors (Lipinski definition) is 0. The first-order valence-corrected chi connectivity index (χ1v) is 13.6. The molecule has 1 aliphatic carbocycles. The summed E-state index contributed by atoms with van der Waals surface area (Å²) in [6, 6.07) is 2.23. The molecule has 0 radical (unpaired) electrons. The minimum atomic E-state index is -0.938. The van der Waals surface area contributed by atoms with Gasteiger partial charge < -0.3 is 4.74 Å². The van der Waals surface area contributed by atoms with Crippen LogP contribution in [0.5, 0.6) is 0 Å². The zero-order chi connectivity index (χ0) is 34.8. The minimum Gasteiger partial charge on any atom is -0.465 e. The quantitative estimate of drug-likeness (QED) is 0.0973. The third-order valence-corrected chi connectivity index (χ3v) is 6.25. The van der Waals surface area contributed by atoms with Gasteiger partial charge in [-0.05, 0) is 121 Å². The summed E-state index contributed by atoms with van der Waals surface area (Å²) in [7, 11) is 1.37. The van der Waals surface area contributed by atoms with Gasteiger partial charge in [0.2, 0.25) is 0 Å². The SMILES string of the molecule is CN=NN=NN=NN=NN=NN=NN=NN=NN=NN=Nn1c(=O)c2cc3c(=O)n(CCC(=O)OCC4CC=CCC4)c(=O)c3cc2c1=O. The third kappa shape index (κ3) is 9.60. The van der Waals surface area contributed by atoms with Gasteiger partial charge in [0.15, 0.2) is 0 Å². The largest absolute Gasteiger partial charge is 0.465 e. The summed E-state index contributed by atoms with van der Waals surface area (Å²) in [4.78, 5) is 63.7. The van der Waals surface area contributed by atoms with Crippen LogP contribution in [0.15, 0.2) is 148 Å². The van der Waals surface area contributed by atoms with Gasteiger partial charge in [-0.1, -0.05) is 12.2 Å². The van der Waals surface area contributed by atoms with Crippen molar-refractivity contribution in [3.05, 3.63) is 65.7 Å². The average Bonchev–Trinajstić information content (AvgIpc) is 3.49. The van der Waals surface area contributed by atoms with Crippen LogP contribution >= 0.6 is 0 Å². The molecule has 28 nitrogen and oxygen atoms in total. The van der Waals surface area contributed by atoms with Crippen LogP contribution in [0.1, 0.15) is 25.7 Å². The zero-order valence-corrected chi connectivity index (χ0v) is 24.9. The normalized spacial score (nSPS) is 16.4. The maximum absolute atomic E-state index is 12.9. The molecule has 250 valence electrons. The van der Waals surface area contributed by atoms with Gasteiger partial charge in [0.25, 0.3) is 22.2 Å². The maximum atomic E-state index is 12.9. The first-order valence-electron chi connectivity index (χ1n) is 13.6. The van der Waals surface area contributed by atoms with Crippen LogP contribution in [0.3, 0.4) is 0 Å². The number of carbonyl (C=O) groups is 1. The van der Waals surface area contributed by atoms with E-state index < -0.39 is 28.2 Å². The zero-order valence-electron chi connectivity index (χ0n) is 24.9. The Morgan fingerprint density at radius 2 is 1.10 bits per heavy atom. The number of carbonyl (C=O) groups excluding carboxylic acids is 1. The lowest BCUT2D eigenvalue weighted by Gasteiger charge is -2.17. The molecule has 49 heavy (non-hydrogen) atoms. The number of nitrogens with zero attached hydrogens (tertiary/aromatic N) is 22. The second kappa shape index (κ2) is 18.0. The fourth-order valence-electron chi connectivity index (χ4n) is 4.17. The van der Waals surface area contributed by atoms with Crippen LogP contribution in [0.2, 0.25) is 0 Å². The molecule has 0 fully saturated rings. The molecule has 28 heteroatoms. The number of rotatable bonds is 15. The molecule has 0 saturated carbocycles. The van der Waals surface area contributed by atoms with Crippen molar-refractivity contribution >= 4 is 27.5 Å². The van der Waals surface area contributed by atoms with Gasteiger partial charge in [-0.25, -0.2) is 0 Å². The molecule has 0 aliphatic heterocycles. The molecule has 1 aromatic carbocycles. The van der Waals surface area contributed by atoms with Crippen LogP contribution in [-0.4, -0.2) is 28.9 Å². The molecular weight excluding hydrogens is 656 g/mol. The molecule has 1 atom stereocenters. The van der Waals surface area contributed by atoms with Crippen LogP contribution in [-0.2, 0) is 16.1 Å². The molecule has 0 saturated heterocycles. The summed E-state index contributed by atoms with van der Waals surface area (Å²) >= 11 is 0. The van der Waals surface area contributed by atoms with Gasteiger partial charge in [-0.15, -0.1) is 4.68 Å². The molecule has 0 spiro atoms. The summed E-state index contributed by atoms with van der Waals surface area (Å²) in [5.41, 5.74) is -3.32. The summed E-state index contributed by atoms with van der Waals surface area (Å²) in [5.74, 6) is -0.314. The van der Waals surface area contributed by atoms with Crippen LogP contribution in [0, 0.1) is 5.92 Å². The number of fused-ring (bicyclic) bond motifs is 2. The summed E-state index contributed by atoms with van der Waals surface area (Å²) in [5, 5.41) is 61.1. The van der Waals surface area contributed by atoms with Crippen molar-refractivity contribution in [1.82, 2.24) is 9.24 Å². The number of benzene rings is 1. The molecule has 0 N–H and O–H groups in total. The second-order valence-corrected chi connectivity index (χ2v) is 9.11. The van der Waals surface area contributed by atoms with E-state index in [1.807, 2.05) is 6.08 Å². The molecule has 0 bridgehead atoms. The lowest BCUT2D eigenvalue weighted by molar-refractivity contribution is -0.145. The van der Waals surface area contributed by atoms with Crippen molar-refractivity contribution in [2.75, 3.05) is 13.7 Å². The topological polar surface area (TPSA) is 352 Å². The lowest BCUT2D eigenvalue weighted by atomic mass is 9.95. The van der Waals surface area contributed by atoms with Crippen molar-refractivity contribution in [2.24, 2.45) is 110 Å². The van der Waals surface area contributed by atoms with E-state index in [2.05, 4.69) is 110 Å². The fraction of sp³-hybridized carbons (Fsp3) is 0.381. The Morgan fingerprint density at radius 3 is 1.55 bits per heavy atom. The molecule has 1 aliphatic rings. The van der Waals surface area contributed by atoms with Crippen LogP contribution in [0.4, 0.5) is 0 Å². The van der Waals surface area contributed by atoms with Crippen molar-refractivity contribution in [2.45, 2.75) is 32.2 Å². The van der Waals surface area contributed by atoms with E-state index in [9.17, 15) is 24.0 Å². The van der Waals surface area contributed by atoms with E-state index in [0.717, 1.165) is 36.0 Å². The van der Waals surface area contributed by atoms with Gasteiger partial charge in [0.05, 0.1) is 41.6 Å². The molecule has 1 unspecified atom stereocenters. The number of allylic oxidation sites excluding steroid dienone is 2. The Bertz CT molecular complexity index is 2120. The van der Waals surface area contributed by atoms with Crippen molar-refractivity contribution in [3.8, 4) is 0 Å². The smallest absolute Gasteiger partial charge is 0.307 e. The highest BCUT2D eigenvalue weighted by Gasteiger charge is 2.20. The van der Waals surface area contributed by atoms with E-state index in [1.54, 1.807) is 0 Å². The van der Waals surface area contributed by atoms with Crippen LogP contribution < -0.4 is 22.2 Å². The maximum Gasteiger partial charge on any atom is 0.307 e. The third-order valence-electron chi connectivity index (χ3n) is 6.25. The monoisotopic (exact) mass is 676 g/mol. The molecule has 0 amide bonds. The van der Waals surface area contributed by atoms with Gasteiger partial charge in [0.1, 0.15) is 0 Å². The first kappa shape index (κ1) is 34.6.